The Hall–Kier alpha value is -0.960. The molecule has 0 aromatic heterocycles. The summed E-state index contributed by atoms with van der Waals surface area (Å²) >= 11 is 1.74. The van der Waals surface area contributed by atoms with Crippen molar-refractivity contribution in [2.24, 2.45) is 5.92 Å². The average molecular weight is 276 g/mol. The van der Waals surface area contributed by atoms with Crippen molar-refractivity contribution in [2.75, 3.05) is 5.75 Å². The molecule has 0 amide bonds. The summed E-state index contributed by atoms with van der Waals surface area (Å²) < 4.78 is 5.86. The lowest BCUT2D eigenvalue weighted by molar-refractivity contribution is -0.126. The molecule has 1 atom stereocenters. The first-order valence-electron chi connectivity index (χ1n) is 7.24. The fourth-order valence-corrected chi connectivity index (χ4v) is 4.00. The number of hydrogen-bond acceptors (Lipinski definition) is 3. The van der Waals surface area contributed by atoms with Crippen molar-refractivity contribution < 1.29 is 9.53 Å². The van der Waals surface area contributed by atoms with Crippen molar-refractivity contribution in [3.8, 4) is 5.75 Å². The molecule has 0 bridgehead atoms. The van der Waals surface area contributed by atoms with E-state index in [1.165, 1.54) is 32.1 Å². The van der Waals surface area contributed by atoms with Crippen LogP contribution in [0.4, 0.5) is 0 Å². The Morgan fingerprint density at radius 3 is 2.84 bits per heavy atom. The highest BCUT2D eigenvalue weighted by atomic mass is 32.2. The van der Waals surface area contributed by atoms with Crippen molar-refractivity contribution >= 4 is 17.5 Å². The maximum Gasteiger partial charge on any atom is 0.174 e. The van der Waals surface area contributed by atoms with Gasteiger partial charge in [-0.2, -0.15) is 0 Å². The van der Waals surface area contributed by atoms with Crippen LogP contribution in [0, 0.1) is 5.92 Å². The molecule has 1 fully saturated rings. The van der Waals surface area contributed by atoms with E-state index in [2.05, 4.69) is 6.07 Å². The average Bonchev–Trinajstić information content (AvgIpc) is 2.48. The normalized spacial score (nSPS) is 23.5. The zero-order chi connectivity index (χ0) is 13.1. The predicted octanol–water partition coefficient (Wildman–Crippen LogP) is 4.08. The molecule has 1 aliphatic carbocycles. The summed E-state index contributed by atoms with van der Waals surface area (Å²) in [5, 5.41) is 0. The van der Waals surface area contributed by atoms with Gasteiger partial charge in [0.05, 0.1) is 0 Å². The third kappa shape index (κ3) is 3.14. The summed E-state index contributed by atoms with van der Waals surface area (Å²) in [7, 11) is 0. The van der Waals surface area contributed by atoms with Gasteiger partial charge in [0.15, 0.2) is 11.9 Å². The number of rotatable bonds is 3. The van der Waals surface area contributed by atoms with Crippen molar-refractivity contribution in [3.63, 3.8) is 0 Å². The third-order valence-corrected chi connectivity index (χ3v) is 5.20. The molecular formula is C16H20O2S. The second kappa shape index (κ2) is 6.00. The molecule has 2 nitrogen and oxygen atoms in total. The molecule has 0 radical (unpaired) electrons. The minimum absolute atomic E-state index is 0.234. The number of carbonyl (C=O) groups excluding carboxylic acids is 1. The molecule has 102 valence electrons. The number of Topliss-reactive ketones (excluding diaryl/α,β-unsaturated/α-hetero) is 1. The zero-order valence-corrected chi connectivity index (χ0v) is 12.0. The number of fused-ring (bicyclic) bond motifs is 1. The van der Waals surface area contributed by atoms with Gasteiger partial charge in [0, 0.05) is 17.1 Å². The second-order valence-corrected chi connectivity index (χ2v) is 6.60. The zero-order valence-electron chi connectivity index (χ0n) is 11.1. The Balaban J connectivity index is 1.59. The third-order valence-electron chi connectivity index (χ3n) is 4.08. The van der Waals surface area contributed by atoms with Crippen LogP contribution in [0.2, 0.25) is 0 Å². The lowest BCUT2D eigenvalue weighted by Crippen LogP contribution is -2.33. The van der Waals surface area contributed by atoms with E-state index < -0.39 is 0 Å². The van der Waals surface area contributed by atoms with Crippen molar-refractivity contribution in [3.05, 3.63) is 24.3 Å². The molecule has 3 heteroatoms. The van der Waals surface area contributed by atoms with E-state index in [1.54, 1.807) is 11.8 Å². The lowest BCUT2D eigenvalue weighted by atomic mass is 9.85. The number of hydrogen-bond donors (Lipinski definition) is 0. The highest BCUT2D eigenvalue weighted by molar-refractivity contribution is 7.99. The van der Waals surface area contributed by atoms with Crippen LogP contribution in [-0.2, 0) is 4.79 Å². The molecule has 0 saturated heterocycles. The number of ketones is 1. The largest absolute Gasteiger partial charge is 0.481 e. The standard InChI is InChI=1S/C16H20O2S/c17-13(10-12-6-2-1-3-7-12)15-11-19-16-9-5-4-8-14(16)18-15/h4-5,8-9,12,15H,1-3,6-7,10-11H2. The van der Waals surface area contributed by atoms with Gasteiger partial charge in [-0.05, 0) is 18.1 Å². The van der Waals surface area contributed by atoms with Gasteiger partial charge < -0.3 is 4.74 Å². The van der Waals surface area contributed by atoms with Crippen LogP contribution in [0.15, 0.2) is 29.2 Å². The first-order chi connectivity index (χ1) is 9.33. The van der Waals surface area contributed by atoms with Gasteiger partial charge in [0.1, 0.15) is 5.75 Å². The van der Waals surface area contributed by atoms with E-state index in [9.17, 15) is 4.79 Å². The topological polar surface area (TPSA) is 26.3 Å². The van der Waals surface area contributed by atoms with E-state index in [-0.39, 0.29) is 6.10 Å². The molecular weight excluding hydrogens is 256 g/mol. The smallest absolute Gasteiger partial charge is 0.174 e. The minimum Gasteiger partial charge on any atom is -0.481 e. The Bertz CT molecular complexity index is 452. The van der Waals surface area contributed by atoms with Gasteiger partial charge >= 0.3 is 0 Å². The number of ether oxygens (including phenoxy) is 1. The monoisotopic (exact) mass is 276 g/mol. The fraction of sp³-hybridized carbons (Fsp3) is 0.562. The molecule has 3 rings (SSSR count). The molecule has 1 aromatic rings. The molecule has 1 aliphatic heterocycles. The second-order valence-electron chi connectivity index (χ2n) is 5.54. The highest BCUT2D eigenvalue weighted by Crippen LogP contribution is 2.36. The van der Waals surface area contributed by atoms with E-state index in [4.69, 9.17) is 4.74 Å². The summed E-state index contributed by atoms with van der Waals surface area (Å²) in [4.78, 5) is 13.5. The Morgan fingerprint density at radius 2 is 2.00 bits per heavy atom. The van der Waals surface area contributed by atoms with Crippen LogP contribution < -0.4 is 4.74 Å². The first-order valence-corrected chi connectivity index (χ1v) is 8.22. The van der Waals surface area contributed by atoms with Crippen LogP contribution in [0.25, 0.3) is 0 Å². The number of para-hydroxylation sites is 1. The van der Waals surface area contributed by atoms with Crippen molar-refractivity contribution in [2.45, 2.75) is 49.5 Å². The maximum atomic E-state index is 12.3. The SMILES string of the molecule is O=C(CC1CCCCC1)C1CSc2ccccc2O1. The summed E-state index contributed by atoms with van der Waals surface area (Å²) in [5.74, 6) is 2.55. The summed E-state index contributed by atoms with van der Waals surface area (Å²) in [6.45, 7) is 0. The number of carbonyl (C=O) groups is 1. The minimum atomic E-state index is -0.234. The predicted molar refractivity (Wildman–Crippen MR) is 77.8 cm³/mol. The van der Waals surface area contributed by atoms with Crippen LogP contribution in [0.3, 0.4) is 0 Å². The number of thioether (sulfide) groups is 1. The molecule has 1 unspecified atom stereocenters. The van der Waals surface area contributed by atoms with Gasteiger partial charge in [-0.3, -0.25) is 4.79 Å². The van der Waals surface area contributed by atoms with Gasteiger partial charge in [-0.15, -0.1) is 11.8 Å². The highest BCUT2D eigenvalue weighted by Gasteiger charge is 2.28. The fourth-order valence-electron chi connectivity index (χ4n) is 2.99. The molecule has 0 N–H and O–H groups in total. The molecule has 19 heavy (non-hydrogen) atoms. The maximum absolute atomic E-state index is 12.3. The van der Waals surface area contributed by atoms with Crippen molar-refractivity contribution in [1.82, 2.24) is 0 Å². The molecule has 0 spiro atoms. The van der Waals surface area contributed by atoms with Crippen LogP contribution in [0.5, 0.6) is 5.75 Å². The lowest BCUT2D eigenvalue weighted by Gasteiger charge is -2.27. The van der Waals surface area contributed by atoms with E-state index in [1.807, 2.05) is 18.2 Å². The van der Waals surface area contributed by atoms with Gasteiger partial charge in [0.2, 0.25) is 0 Å². The van der Waals surface area contributed by atoms with Crippen LogP contribution >= 0.6 is 11.8 Å². The van der Waals surface area contributed by atoms with Gasteiger partial charge in [-0.25, -0.2) is 0 Å². The van der Waals surface area contributed by atoms with E-state index in [0.717, 1.165) is 16.4 Å². The molecule has 1 aromatic carbocycles. The summed E-state index contributed by atoms with van der Waals surface area (Å²) in [5.41, 5.74) is 0. The van der Waals surface area contributed by atoms with Crippen LogP contribution in [-0.4, -0.2) is 17.6 Å². The summed E-state index contributed by atoms with van der Waals surface area (Å²) in [6, 6.07) is 8.00. The quantitative estimate of drug-likeness (QED) is 0.832. The number of benzene rings is 1. The van der Waals surface area contributed by atoms with Gasteiger partial charge in [-0.1, -0.05) is 44.2 Å². The molecule has 2 aliphatic rings. The van der Waals surface area contributed by atoms with Crippen molar-refractivity contribution in [1.29, 1.82) is 0 Å². The molecule has 1 saturated carbocycles. The Morgan fingerprint density at radius 1 is 1.21 bits per heavy atom. The van der Waals surface area contributed by atoms with Gasteiger partial charge in [0.25, 0.3) is 0 Å². The van der Waals surface area contributed by atoms with E-state index in [0.29, 0.717) is 18.1 Å². The Kier molecular flexibility index (Phi) is 4.12. The van der Waals surface area contributed by atoms with Crippen LogP contribution in [0.1, 0.15) is 38.5 Å². The molecule has 1 heterocycles. The Labute approximate surface area is 118 Å². The summed E-state index contributed by atoms with van der Waals surface area (Å²) in [6.07, 6.45) is 6.86. The first kappa shape index (κ1) is 13.0. The van der Waals surface area contributed by atoms with E-state index >= 15 is 0 Å².